The van der Waals surface area contributed by atoms with Gasteiger partial charge in [0.2, 0.25) is 10.0 Å². The van der Waals surface area contributed by atoms with Crippen molar-refractivity contribution in [3.05, 3.63) is 18.0 Å². The van der Waals surface area contributed by atoms with E-state index in [1.807, 2.05) is 18.4 Å². The van der Waals surface area contributed by atoms with Crippen molar-refractivity contribution >= 4 is 10.0 Å². The standard InChI is InChI=1S/C15H25N3O2S/c1-11(2)17-10-15(7-14(17)8-16)21(19,20)18(13-5-6-13)9-12-3-4-12/h7,10-13H,3-6,8-9,16H2,1-2H3. The van der Waals surface area contributed by atoms with E-state index in [1.165, 1.54) is 12.8 Å². The van der Waals surface area contributed by atoms with Crippen molar-refractivity contribution < 1.29 is 8.42 Å². The van der Waals surface area contributed by atoms with Crippen LogP contribution in [0.3, 0.4) is 0 Å². The maximum Gasteiger partial charge on any atom is 0.244 e. The van der Waals surface area contributed by atoms with E-state index in [0.29, 0.717) is 23.9 Å². The van der Waals surface area contributed by atoms with Crippen LogP contribution in [0.5, 0.6) is 0 Å². The third-order valence-corrected chi connectivity index (χ3v) is 6.25. The Bertz CT molecular complexity index is 613. The van der Waals surface area contributed by atoms with E-state index < -0.39 is 10.0 Å². The average Bonchev–Trinajstić information content (AvgIpc) is 3.33. The molecular weight excluding hydrogens is 286 g/mol. The number of nitrogens with zero attached hydrogens (tertiary/aromatic N) is 2. The number of hydrogen-bond acceptors (Lipinski definition) is 3. The summed E-state index contributed by atoms with van der Waals surface area (Å²) in [6.45, 7) is 5.13. The average molecular weight is 311 g/mol. The molecule has 0 unspecified atom stereocenters. The lowest BCUT2D eigenvalue weighted by molar-refractivity contribution is 0.388. The van der Waals surface area contributed by atoms with Gasteiger partial charge in [-0.15, -0.1) is 0 Å². The summed E-state index contributed by atoms with van der Waals surface area (Å²) in [5, 5.41) is 0. The fraction of sp³-hybridized carbons (Fsp3) is 0.733. The van der Waals surface area contributed by atoms with Crippen LogP contribution < -0.4 is 5.73 Å². The largest absolute Gasteiger partial charge is 0.346 e. The lowest BCUT2D eigenvalue weighted by Gasteiger charge is -2.21. The second-order valence-corrected chi connectivity index (χ2v) is 8.51. The molecule has 3 rings (SSSR count). The van der Waals surface area contributed by atoms with Crippen molar-refractivity contribution in [1.29, 1.82) is 0 Å². The van der Waals surface area contributed by atoms with Gasteiger partial charge in [-0.2, -0.15) is 4.31 Å². The van der Waals surface area contributed by atoms with Crippen LogP contribution in [0.4, 0.5) is 0 Å². The van der Waals surface area contributed by atoms with Gasteiger partial charge in [0.15, 0.2) is 0 Å². The van der Waals surface area contributed by atoms with E-state index in [9.17, 15) is 8.42 Å². The van der Waals surface area contributed by atoms with Gasteiger partial charge in [-0.3, -0.25) is 0 Å². The van der Waals surface area contributed by atoms with Crippen molar-refractivity contribution in [3.8, 4) is 0 Å². The van der Waals surface area contributed by atoms with E-state index in [1.54, 1.807) is 16.6 Å². The Morgan fingerprint density at radius 1 is 1.33 bits per heavy atom. The molecule has 1 heterocycles. The van der Waals surface area contributed by atoms with Crippen LogP contribution in [0.2, 0.25) is 0 Å². The molecule has 0 radical (unpaired) electrons. The molecule has 2 aliphatic rings. The van der Waals surface area contributed by atoms with Crippen LogP contribution in [0.15, 0.2) is 17.2 Å². The lowest BCUT2D eigenvalue weighted by Crippen LogP contribution is -2.34. The minimum Gasteiger partial charge on any atom is -0.346 e. The Morgan fingerprint density at radius 3 is 2.43 bits per heavy atom. The monoisotopic (exact) mass is 311 g/mol. The van der Waals surface area contributed by atoms with Gasteiger partial charge in [-0.1, -0.05) is 0 Å². The first-order valence-electron chi connectivity index (χ1n) is 7.86. The molecule has 5 nitrogen and oxygen atoms in total. The van der Waals surface area contributed by atoms with Gasteiger partial charge < -0.3 is 10.3 Å². The predicted molar refractivity (Wildman–Crippen MR) is 82.3 cm³/mol. The van der Waals surface area contributed by atoms with Gasteiger partial charge in [0, 0.05) is 37.1 Å². The Labute approximate surface area is 127 Å². The van der Waals surface area contributed by atoms with E-state index >= 15 is 0 Å². The zero-order chi connectivity index (χ0) is 15.2. The number of sulfonamides is 1. The van der Waals surface area contributed by atoms with Crippen molar-refractivity contribution in [2.45, 2.75) is 63.1 Å². The first kappa shape index (κ1) is 15.1. The molecule has 21 heavy (non-hydrogen) atoms. The summed E-state index contributed by atoms with van der Waals surface area (Å²) in [4.78, 5) is 0.407. The van der Waals surface area contributed by atoms with Gasteiger partial charge in [0.05, 0.1) is 0 Å². The van der Waals surface area contributed by atoms with Gasteiger partial charge in [-0.25, -0.2) is 8.42 Å². The topological polar surface area (TPSA) is 68.3 Å². The zero-order valence-electron chi connectivity index (χ0n) is 12.8. The highest BCUT2D eigenvalue weighted by Crippen LogP contribution is 2.38. The second kappa shape index (κ2) is 5.41. The van der Waals surface area contributed by atoms with Crippen molar-refractivity contribution in [2.75, 3.05) is 6.54 Å². The molecule has 2 aliphatic carbocycles. The van der Waals surface area contributed by atoms with Gasteiger partial charge in [-0.05, 0) is 51.5 Å². The minimum absolute atomic E-state index is 0.213. The summed E-state index contributed by atoms with van der Waals surface area (Å²) < 4.78 is 29.6. The smallest absolute Gasteiger partial charge is 0.244 e. The highest BCUT2D eigenvalue weighted by Gasteiger charge is 2.41. The van der Waals surface area contributed by atoms with Gasteiger partial charge in [0.1, 0.15) is 4.90 Å². The molecule has 0 atom stereocenters. The van der Waals surface area contributed by atoms with Crippen LogP contribution in [0.25, 0.3) is 0 Å². The zero-order valence-corrected chi connectivity index (χ0v) is 13.6. The fourth-order valence-corrected chi connectivity index (χ4v) is 4.59. The summed E-state index contributed by atoms with van der Waals surface area (Å²) in [7, 11) is -3.38. The number of nitrogens with two attached hydrogens (primary N) is 1. The first-order chi connectivity index (χ1) is 9.93. The molecule has 2 saturated carbocycles. The Balaban J connectivity index is 1.92. The number of aromatic nitrogens is 1. The molecule has 2 N–H and O–H groups in total. The van der Waals surface area contributed by atoms with Crippen LogP contribution in [-0.2, 0) is 16.6 Å². The third kappa shape index (κ3) is 3.03. The van der Waals surface area contributed by atoms with Crippen molar-refractivity contribution in [1.82, 2.24) is 8.87 Å². The molecule has 0 spiro atoms. The molecule has 0 amide bonds. The molecule has 6 heteroatoms. The van der Waals surface area contributed by atoms with E-state index in [2.05, 4.69) is 0 Å². The molecule has 118 valence electrons. The minimum atomic E-state index is -3.38. The maximum absolute atomic E-state index is 13.0. The lowest BCUT2D eigenvalue weighted by atomic mass is 10.3. The molecule has 0 saturated heterocycles. The normalized spacial score (nSPS) is 19.7. The van der Waals surface area contributed by atoms with Gasteiger partial charge >= 0.3 is 0 Å². The highest BCUT2D eigenvalue weighted by atomic mass is 32.2. The van der Waals surface area contributed by atoms with Crippen LogP contribution >= 0.6 is 0 Å². The van der Waals surface area contributed by atoms with E-state index in [4.69, 9.17) is 5.73 Å². The van der Waals surface area contributed by atoms with Crippen LogP contribution in [0, 0.1) is 5.92 Å². The maximum atomic E-state index is 13.0. The number of hydrogen-bond donors (Lipinski definition) is 1. The Morgan fingerprint density at radius 2 is 2.00 bits per heavy atom. The third-order valence-electron chi connectivity index (χ3n) is 4.37. The molecule has 0 bridgehead atoms. The second-order valence-electron chi connectivity index (χ2n) is 6.62. The summed E-state index contributed by atoms with van der Waals surface area (Å²) >= 11 is 0. The molecule has 2 fully saturated rings. The van der Waals surface area contributed by atoms with Crippen LogP contribution in [-0.4, -0.2) is 29.9 Å². The molecule has 1 aromatic heterocycles. The first-order valence-corrected chi connectivity index (χ1v) is 9.30. The van der Waals surface area contributed by atoms with Crippen LogP contribution in [0.1, 0.15) is 51.3 Å². The highest BCUT2D eigenvalue weighted by molar-refractivity contribution is 7.89. The van der Waals surface area contributed by atoms with Crippen molar-refractivity contribution in [3.63, 3.8) is 0 Å². The predicted octanol–water partition coefficient (Wildman–Crippen LogP) is 2.09. The quantitative estimate of drug-likeness (QED) is 0.838. The Hall–Kier alpha value is -0.850. The summed E-state index contributed by atoms with van der Waals surface area (Å²) in [6.07, 6.45) is 6.09. The SMILES string of the molecule is CC(C)n1cc(S(=O)(=O)N(CC2CC2)C2CC2)cc1CN. The van der Waals surface area contributed by atoms with Crippen molar-refractivity contribution in [2.24, 2.45) is 11.7 Å². The van der Waals surface area contributed by atoms with E-state index in [-0.39, 0.29) is 12.1 Å². The molecular formula is C15H25N3O2S. The molecule has 1 aromatic rings. The summed E-state index contributed by atoms with van der Waals surface area (Å²) in [6, 6.07) is 2.18. The molecule has 0 aromatic carbocycles. The van der Waals surface area contributed by atoms with Gasteiger partial charge in [0.25, 0.3) is 0 Å². The van der Waals surface area contributed by atoms with E-state index in [0.717, 1.165) is 18.5 Å². The summed E-state index contributed by atoms with van der Waals surface area (Å²) in [5.41, 5.74) is 6.64. The fourth-order valence-electron chi connectivity index (χ4n) is 2.78. The Kier molecular flexibility index (Phi) is 3.88. The summed E-state index contributed by atoms with van der Waals surface area (Å²) in [5.74, 6) is 0.571. The molecule has 0 aliphatic heterocycles. The number of rotatable bonds is 7.